The normalized spacial score (nSPS) is 26.8. The standard InChI is InChI=1S/C27H35ClN6O4/c1-4-32-14-16(2)34-21-20(23(35)22(34)27(32)38)26(37)33-15-17-9-10-18(28)13-19(17)25(36)31(3)12-8-6-5-7-11-29-24(21)30-33/h9-10,13,16,20-21,35H,4-8,11-12,14-15H2,1-3H3,(H,29,30)/t16-,20?,21?/m0/s1. The first kappa shape index (κ1) is 26.3. The number of carbonyl (C=O) groups excluding carboxylic acids is 3. The molecule has 1 aromatic carbocycles. The summed E-state index contributed by atoms with van der Waals surface area (Å²) in [6.07, 6.45) is 3.65. The third kappa shape index (κ3) is 4.48. The summed E-state index contributed by atoms with van der Waals surface area (Å²) >= 11 is 6.26. The van der Waals surface area contributed by atoms with Crippen molar-refractivity contribution < 1.29 is 19.5 Å². The average molecular weight is 543 g/mol. The zero-order valence-electron chi connectivity index (χ0n) is 22.1. The Balaban J connectivity index is 1.57. The number of halogens is 1. The number of rotatable bonds is 1. The van der Waals surface area contributed by atoms with E-state index in [-0.39, 0.29) is 41.8 Å². The molecule has 11 heteroatoms. The molecule has 0 saturated carbocycles. The maximum atomic E-state index is 13.9. The van der Waals surface area contributed by atoms with E-state index in [9.17, 15) is 19.5 Å². The van der Waals surface area contributed by atoms with Gasteiger partial charge in [0.2, 0.25) is 0 Å². The Kier molecular flexibility index (Phi) is 7.26. The summed E-state index contributed by atoms with van der Waals surface area (Å²) in [6.45, 7) is 6.17. The number of carbonyl (C=O) groups is 3. The lowest BCUT2D eigenvalue weighted by Gasteiger charge is -2.45. The Labute approximate surface area is 227 Å². The molecule has 1 aromatic rings. The van der Waals surface area contributed by atoms with Crippen LogP contribution in [0.5, 0.6) is 0 Å². The van der Waals surface area contributed by atoms with E-state index < -0.39 is 12.0 Å². The fourth-order valence-electron chi connectivity index (χ4n) is 5.95. The Hall–Kier alpha value is -3.27. The minimum absolute atomic E-state index is 0.0698. The van der Waals surface area contributed by atoms with Crippen LogP contribution in [0.2, 0.25) is 5.02 Å². The predicted molar refractivity (Wildman–Crippen MR) is 143 cm³/mol. The Morgan fingerprint density at radius 2 is 1.89 bits per heavy atom. The number of amidine groups is 1. The number of hydrogen-bond acceptors (Lipinski definition) is 7. The number of piperazine rings is 1. The van der Waals surface area contributed by atoms with Gasteiger partial charge in [0.05, 0.1) is 6.54 Å². The summed E-state index contributed by atoms with van der Waals surface area (Å²) in [4.78, 5) is 50.6. The van der Waals surface area contributed by atoms with E-state index in [1.165, 1.54) is 5.01 Å². The molecule has 2 bridgehead atoms. The first-order valence-corrected chi connectivity index (χ1v) is 13.8. The van der Waals surface area contributed by atoms with Crippen LogP contribution in [0.15, 0.2) is 34.6 Å². The molecule has 0 aliphatic carbocycles. The Morgan fingerprint density at radius 3 is 2.66 bits per heavy atom. The van der Waals surface area contributed by atoms with E-state index in [4.69, 9.17) is 16.6 Å². The number of benzene rings is 1. The molecule has 204 valence electrons. The second kappa shape index (κ2) is 10.5. The van der Waals surface area contributed by atoms with Crippen molar-refractivity contribution in [1.29, 1.82) is 0 Å². The Morgan fingerprint density at radius 1 is 1.13 bits per heavy atom. The van der Waals surface area contributed by atoms with Crippen LogP contribution in [0, 0.1) is 5.92 Å². The molecule has 4 aliphatic rings. The van der Waals surface area contributed by atoms with Crippen molar-refractivity contribution in [2.24, 2.45) is 10.9 Å². The van der Waals surface area contributed by atoms with Crippen molar-refractivity contribution in [2.45, 2.75) is 58.2 Å². The number of nitrogens with one attached hydrogen (secondary N) is 1. The van der Waals surface area contributed by atoms with Crippen LogP contribution in [-0.2, 0) is 16.1 Å². The number of nitrogens with zero attached hydrogens (tertiary/aromatic N) is 5. The van der Waals surface area contributed by atoms with Crippen molar-refractivity contribution >= 4 is 35.2 Å². The van der Waals surface area contributed by atoms with Gasteiger partial charge in [-0.15, -0.1) is 0 Å². The van der Waals surface area contributed by atoms with E-state index in [1.54, 1.807) is 35.0 Å². The SMILES string of the molecule is CCN1C[C@H](C)N2C(=C(O)C3C(=O)N4Cc5ccc(Cl)cc5C(=O)N(C)CCCCCCN=C(N4)C32)C1=O. The zero-order valence-corrected chi connectivity index (χ0v) is 22.9. The van der Waals surface area contributed by atoms with Crippen LogP contribution in [0.1, 0.15) is 55.5 Å². The molecular weight excluding hydrogens is 508 g/mol. The number of hydrogen-bond donors (Lipinski definition) is 2. The quantitative estimate of drug-likeness (QED) is 0.564. The molecule has 0 spiro atoms. The number of likely N-dealkylation sites (N-methyl/N-ethyl adjacent to an activating group) is 1. The largest absolute Gasteiger partial charge is 0.509 e. The van der Waals surface area contributed by atoms with Crippen LogP contribution < -0.4 is 5.43 Å². The molecule has 2 saturated heterocycles. The average Bonchev–Trinajstić information content (AvgIpc) is 3.21. The van der Waals surface area contributed by atoms with E-state index in [2.05, 4.69) is 5.43 Å². The number of fused-ring (bicyclic) bond motifs is 7. The molecule has 38 heavy (non-hydrogen) atoms. The highest BCUT2D eigenvalue weighted by atomic mass is 35.5. The van der Waals surface area contributed by atoms with Crippen LogP contribution in [0.25, 0.3) is 0 Å². The smallest absolute Gasteiger partial charge is 0.273 e. The minimum Gasteiger partial charge on any atom is -0.509 e. The second-order valence-corrected chi connectivity index (χ2v) is 10.9. The van der Waals surface area contributed by atoms with Gasteiger partial charge in [-0.1, -0.05) is 30.5 Å². The fraction of sp³-hybridized carbons (Fsp3) is 0.556. The van der Waals surface area contributed by atoms with Gasteiger partial charge in [0, 0.05) is 49.9 Å². The van der Waals surface area contributed by atoms with Crippen LogP contribution in [0.3, 0.4) is 0 Å². The van der Waals surface area contributed by atoms with E-state index >= 15 is 0 Å². The lowest BCUT2D eigenvalue weighted by molar-refractivity contribution is -0.141. The highest BCUT2D eigenvalue weighted by Gasteiger charge is 2.57. The second-order valence-electron chi connectivity index (χ2n) is 10.5. The first-order chi connectivity index (χ1) is 18.2. The fourth-order valence-corrected chi connectivity index (χ4v) is 6.12. The topological polar surface area (TPSA) is 109 Å². The molecule has 3 amide bonds. The molecule has 4 heterocycles. The predicted octanol–water partition coefficient (Wildman–Crippen LogP) is 2.55. The van der Waals surface area contributed by atoms with Gasteiger partial charge in [-0.05, 0) is 44.4 Å². The summed E-state index contributed by atoms with van der Waals surface area (Å²) < 4.78 is 0. The third-order valence-electron chi connectivity index (χ3n) is 7.96. The van der Waals surface area contributed by atoms with E-state index in [0.29, 0.717) is 48.2 Å². The van der Waals surface area contributed by atoms with Crippen molar-refractivity contribution in [3.63, 3.8) is 0 Å². The van der Waals surface area contributed by atoms with Crippen LogP contribution in [-0.4, -0.2) is 93.7 Å². The summed E-state index contributed by atoms with van der Waals surface area (Å²) in [5.41, 5.74) is 4.45. The van der Waals surface area contributed by atoms with Crippen molar-refractivity contribution in [3.05, 3.63) is 45.8 Å². The highest BCUT2D eigenvalue weighted by molar-refractivity contribution is 6.31. The molecule has 0 radical (unpaired) electrons. The lowest BCUT2D eigenvalue weighted by Crippen LogP contribution is -2.66. The third-order valence-corrected chi connectivity index (χ3v) is 8.20. The first-order valence-electron chi connectivity index (χ1n) is 13.4. The van der Waals surface area contributed by atoms with Crippen LogP contribution in [0.4, 0.5) is 0 Å². The van der Waals surface area contributed by atoms with Crippen LogP contribution >= 0.6 is 11.6 Å². The van der Waals surface area contributed by atoms with Gasteiger partial charge in [0.25, 0.3) is 17.7 Å². The van der Waals surface area contributed by atoms with Crippen molar-refractivity contribution in [1.82, 2.24) is 25.1 Å². The van der Waals surface area contributed by atoms with Crippen molar-refractivity contribution in [3.8, 4) is 0 Å². The maximum absolute atomic E-state index is 13.9. The molecule has 10 nitrogen and oxygen atoms in total. The number of amides is 3. The monoisotopic (exact) mass is 542 g/mol. The van der Waals surface area contributed by atoms with Gasteiger partial charge >= 0.3 is 0 Å². The summed E-state index contributed by atoms with van der Waals surface area (Å²) in [5.74, 6) is -1.42. The molecule has 3 atom stereocenters. The molecule has 4 aliphatic heterocycles. The number of aliphatic hydroxyl groups excluding tert-OH is 1. The van der Waals surface area contributed by atoms with Gasteiger partial charge in [-0.3, -0.25) is 29.8 Å². The summed E-state index contributed by atoms with van der Waals surface area (Å²) in [6, 6.07) is 4.40. The molecule has 2 N–H and O–H groups in total. The molecule has 5 rings (SSSR count). The number of aliphatic imine (C=N–C) groups is 1. The highest BCUT2D eigenvalue weighted by Crippen LogP contribution is 2.41. The summed E-state index contributed by atoms with van der Waals surface area (Å²) in [7, 11) is 1.78. The minimum atomic E-state index is -0.960. The van der Waals surface area contributed by atoms with Crippen molar-refractivity contribution in [2.75, 3.05) is 33.2 Å². The van der Waals surface area contributed by atoms with Gasteiger partial charge in [-0.2, -0.15) is 0 Å². The molecule has 2 fully saturated rings. The van der Waals surface area contributed by atoms with E-state index in [0.717, 1.165) is 25.7 Å². The Bertz CT molecular complexity index is 1220. The number of hydrazine groups is 1. The maximum Gasteiger partial charge on any atom is 0.273 e. The molecule has 0 aromatic heterocycles. The molecule has 2 unspecified atom stereocenters. The van der Waals surface area contributed by atoms with E-state index in [1.807, 2.05) is 18.7 Å². The number of aliphatic hydroxyl groups is 1. The molecular formula is C27H35ClN6O4. The van der Waals surface area contributed by atoms with Gasteiger partial charge in [0.15, 0.2) is 0 Å². The van der Waals surface area contributed by atoms with Gasteiger partial charge in [0.1, 0.15) is 29.3 Å². The van der Waals surface area contributed by atoms with Gasteiger partial charge in [-0.25, -0.2) is 0 Å². The van der Waals surface area contributed by atoms with Gasteiger partial charge < -0.3 is 19.8 Å². The lowest BCUT2D eigenvalue weighted by atomic mass is 9.94. The zero-order chi connectivity index (χ0) is 27.1. The summed E-state index contributed by atoms with van der Waals surface area (Å²) in [5, 5.41) is 13.2.